The number of ether oxygens (including phenoxy) is 1. The molecule has 1 aliphatic heterocycles. The Morgan fingerprint density at radius 2 is 2.38 bits per heavy atom. The van der Waals surface area contributed by atoms with Crippen LogP contribution in [0, 0.1) is 0 Å². The number of thioether (sulfide) groups is 1. The van der Waals surface area contributed by atoms with Gasteiger partial charge in [-0.25, -0.2) is 0 Å². The Hall–Kier alpha value is -0.510. The molecule has 0 aromatic heterocycles. The van der Waals surface area contributed by atoms with Crippen molar-refractivity contribution in [1.82, 2.24) is 0 Å². The molecule has 2 aliphatic rings. The Labute approximate surface area is 81.2 Å². The van der Waals surface area contributed by atoms with E-state index in [-0.39, 0.29) is 16.5 Å². The maximum Gasteiger partial charge on any atom is 0.326 e. The molecular weight excluding hydrogens is 188 g/mol. The van der Waals surface area contributed by atoms with Crippen molar-refractivity contribution in [3.05, 3.63) is 0 Å². The van der Waals surface area contributed by atoms with E-state index in [4.69, 9.17) is 4.74 Å². The first kappa shape index (κ1) is 9.06. The number of hydrogen-bond donors (Lipinski definition) is 0. The van der Waals surface area contributed by atoms with Crippen molar-refractivity contribution >= 4 is 23.5 Å². The van der Waals surface area contributed by atoms with Crippen molar-refractivity contribution in [3.8, 4) is 0 Å². The van der Waals surface area contributed by atoms with E-state index < -0.39 is 5.25 Å². The third-order valence-corrected chi connectivity index (χ3v) is 4.21. The van der Waals surface area contributed by atoms with Crippen LogP contribution >= 0.6 is 11.8 Å². The zero-order chi connectivity index (χ0) is 9.47. The van der Waals surface area contributed by atoms with Gasteiger partial charge in [-0.1, -0.05) is 0 Å². The molecule has 1 saturated heterocycles. The number of ketones is 1. The van der Waals surface area contributed by atoms with E-state index in [9.17, 15) is 9.59 Å². The normalized spacial score (nSPS) is 29.3. The standard InChI is InChI=1S/C9H12O3S/c1-2-12-8(11)7-6(10)5-9(13-7)3-4-9/h7H,2-5H2,1H3. The SMILES string of the molecule is CCOC(=O)C1SC2(CC2)CC1=O. The predicted octanol–water partition coefficient (Wildman–Crippen LogP) is 1.16. The molecule has 1 atom stereocenters. The summed E-state index contributed by atoms with van der Waals surface area (Å²) in [5.41, 5.74) is 0. The first-order valence-electron chi connectivity index (χ1n) is 4.54. The Morgan fingerprint density at radius 3 is 2.85 bits per heavy atom. The number of esters is 1. The first-order chi connectivity index (χ1) is 6.17. The summed E-state index contributed by atoms with van der Waals surface area (Å²) in [6.45, 7) is 2.12. The topological polar surface area (TPSA) is 43.4 Å². The second kappa shape index (κ2) is 3.01. The molecule has 1 aliphatic carbocycles. The number of carbonyl (C=O) groups excluding carboxylic acids is 2. The number of Topliss-reactive ketones (excluding diaryl/α,β-unsaturated/α-hetero) is 1. The average molecular weight is 200 g/mol. The fraction of sp³-hybridized carbons (Fsp3) is 0.778. The van der Waals surface area contributed by atoms with Crippen molar-refractivity contribution in [2.24, 2.45) is 0 Å². The van der Waals surface area contributed by atoms with Crippen LogP contribution in [0.2, 0.25) is 0 Å². The van der Waals surface area contributed by atoms with Crippen molar-refractivity contribution in [2.75, 3.05) is 6.61 Å². The van der Waals surface area contributed by atoms with Crippen LogP contribution in [0.15, 0.2) is 0 Å². The zero-order valence-electron chi connectivity index (χ0n) is 7.54. The van der Waals surface area contributed by atoms with Gasteiger partial charge in [-0.2, -0.15) is 0 Å². The molecule has 2 fully saturated rings. The minimum absolute atomic E-state index is 0.0564. The Balaban J connectivity index is 2.00. The van der Waals surface area contributed by atoms with Gasteiger partial charge in [0.15, 0.2) is 11.0 Å². The number of rotatable bonds is 2. The molecular formula is C9H12O3S. The van der Waals surface area contributed by atoms with Gasteiger partial charge in [0.2, 0.25) is 0 Å². The van der Waals surface area contributed by atoms with Crippen LogP contribution < -0.4 is 0 Å². The van der Waals surface area contributed by atoms with Crippen molar-refractivity contribution in [2.45, 2.75) is 36.2 Å². The molecule has 1 heterocycles. The molecule has 4 heteroatoms. The lowest BCUT2D eigenvalue weighted by atomic mass is 10.1. The highest BCUT2D eigenvalue weighted by molar-refractivity contribution is 8.03. The first-order valence-corrected chi connectivity index (χ1v) is 5.42. The summed E-state index contributed by atoms with van der Waals surface area (Å²) < 4.78 is 4.97. The van der Waals surface area contributed by atoms with Crippen LogP contribution in [-0.4, -0.2) is 28.4 Å². The van der Waals surface area contributed by atoms with Crippen LogP contribution in [0.1, 0.15) is 26.2 Å². The monoisotopic (exact) mass is 200 g/mol. The summed E-state index contributed by atoms with van der Waals surface area (Å²) in [5.74, 6) is -0.290. The summed E-state index contributed by atoms with van der Waals surface area (Å²) >= 11 is 1.51. The summed E-state index contributed by atoms with van der Waals surface area (Å²) in [7, 11) is 0. The van der Waals surface area contributed by atoms with Gasteiger partial charge in [0, 0.05) is 11.2 Å². The quantitative estimate of drug-likeness (QED) is 0.495. The fourth-order valence-corrected chi connectivity index (χ4v) is 3.04. The second-order valence-electron chi connectivity index (χ2n) is 3.58. The Bertz CT molecular complexity index is 258. The van der Waals surface area contributed by atoms with Gasteiger partial charge in [0.1, 0.15) is 0 Å². The highest BCUT2D eigenvalue weighted by Crippen LogP contribution is 2.57. The van der Waals surface area contributed by atoms with E-state index in [1.807, 2.05) is 0 Å². The van der Waals surface area contributed by atoms with Gasteiger partial charge in [-0.05, 0) is 19.8 Å². The largest absolute Gasteiger partial charge is 0.465 e. The summed E-state index contributed by atoms with van der Waals surface area (Å²) in [6, 6.07) is 0. The van der Waals surface area contributed by atoms with E-state index >= 15 is 0 Å². The van der Waals surface area contributed by atoms with Crippen LogP contribution in [-0.2, 0) is 14.3 Å². The zero-order valence-corrected chi connectivity index (χ0v) is 8.36. The molecule has 1 saturated carbocycles. The van der Waals surface area contributed by atoms with Crippen LogP contribution in [0.4, 0.5) is 0 Å². The maximum atomic E-state index is 11.4. The highest BCUT2D eigenvalue weighted by atomic mass is 32.2. The Morgan fingerprint density at radius 1 is 1.69 bits per heavy atom. The predicted molar refractivity (Wildman–Crippen MR) is 49.6 cm³/mol. The fourth-order valence-electron chi connectivity index (χ4n) is 1.60. The Kier molecular flexibility index (Phi) is 2.10. The molecule has 0 radical (unpaired) electrons. The van der Waals surface area contributed by atoms with Gasteiger partial charge in [0.05, 0.1) is 6.61 Å². The summed E-state index contributed by atoms with van der Waals surface area (Å²) in [4.78, 5) is 22.7. The second-order valence-corrected chi connectivity index (χ2v) is 5.15. The van der Waals surface area contributed by atoms with Crippen LogP contribution in [0.25, 0.3) is 0 Å². The molecule has 3 nitrogen and oxygen atoms in total. The number of carbonyl (C=O) groups is 2. The van der Waals surface area contributed by atoms with E-state index in [0.29, 0.717) is 13.0 Å². The molecule has 13 heavy (non-hydrogen) atoms. The lowest BCUT2D eigenvalue weighted by Crippen LogP contribution is -2.24. The van der Waals surface area contributed by atoms with Crippen molar-refractivity contribution < 1.29 is 14.3 Å². The lowest BCUT2D eigenvalue weighted by Gasteiger charge is -2.06. The van der Waals surface area contributed by atoms with E-state index in [2.05, 4.69) is 0 Å². The van der Waals surface area contributed by atoms with E-state index in [0.717, 1.165) is 12.8 Å². The minimum Gasteiger partial charge on any atom is -0.465 e. The highest BCUT2D eigenvalue weighted by Gasteiger charge is 2.55. The summed E-state index contributed by atoms with van der Waals surface area (Å²) in [5, 5.41) is -0.526. The molecule has 2 rings (SSSR count). The van der Waals surface area contributed by atoms with Crippen LogP contribution in [0.3, 0.4) is 0 Å². The van der Waals surface area contributed by atoms with Crippen molar-refractivity contribution in [1.29, 1.82) is 0 Å². The molecule has 0 aromatic carbocycles. The summed E-state index contributed by atoms with van der Waals surface area (Å²) in [6.07, 6.45) is 2.74. The smallest absolute Gasteiger partial charge is 0.326 e. The third-order valence-electron chi connectivity index (χ3n) is 2.47. The molecule has 0 N–H and O–H groups in total. The third kappa shape index (κ3) is 1.59. The molecule has 0 amide bonds. The molecule has 0 bridgehead atoms. The maximum absolute atomic E-state index is 11.4. The average Bonchev–Trinajstić information content (AvgIpc) is 2.72. The molecule has 72 valence electrons. The van der Waals surface area contributed by atoms with E-state index in [1.165, 1.54) is 11.8 Å². The minimum atomic E-state index is -0.526. The van der Waals surface area contributed by atoms with Crippen LogP contribution in [0.5, 0.6) is 0 Å². The lowest BCUT2D eigenvalue weighted by molar-refractivity contribution is -0.144. The van der Waals surface area contributed by atoms with Gasteiger partial charge in [-0.3, -0.25) is 9.59 Å². The van der Waals surface area contributed by atoms with Gasteiger partial charge < -0.3 is 4.74 Å². The number of hydrogen-bond acceptors (Lipinski definition) is 4. The van der Waals surface area contributed by atoms with Gasteiger partial charge in [0.25, 0.3) is 0 Å². The molecule has 1 spiro atoms. The van der Waals surface area contributed by atoms with Crippen molar-refractivity contribution in [3.63, 3.8) is 0 Å². The van der Waals surface area contributed by atoms with E-state index in [1.54, 1.807) is 6.92 Å². The van der Waals surface area contributed by atoms with Gasteiger partial charge in [-0.15, -0.1) is 11.8 Å². The molecule has 0 aromatic rings. The molecule has 1 unspecified atom stereocenters. The van der Waals surface area contributed by atoms with Gasteiger partial charge >= 0.3 is 5.97 Å².